The summed E-state index contributed by atoms with van der Waals surface area (Å²) in [5.41, 5.74) is 2.46. The molecule has 1 N–H and O–H groups in total. The van der Waals surface area contributed by atoms with E-state index in [0.29, 0.717) is 25.3 Å². The first-order valence-corrected chi connectivity index (χ1v) is 7.77. The minimum Gasteiger partial charge on any atom is -0.465 e. The summed E-state index contributed by atoms with van der Waals surface area (Å²) in [6, 6.07) is 6.19. The number of esters is 1. The summed E-state index contributed by atoms with van der Waals surface area (Å²) in [6.45, 7) is 8.36. The SMILES string of the molecule is CCOC(=O)C(CC)(CC)c1nc2ccc(CC)cc2[nH]1. The molecule has 0 unspecified atom stereocenters. The normalized spacial score (nSPS) is 11.8. The van der Waals surface area contributed by atoms with Gasteiger partial charge in [-0.15, -0.1) is 0 Å². The van der Waals surface area contributed by atoms with Crippen LogP contribution in [-0.4, -0.2) is 22.5 Å². The van der Waals surface area contributed by atoms with Crippen molar-refractivity contribution in [1.82, 2.24) is 9.97 Å². The van der Waals surface area contributed by atoms with Crippen LogP contribution < -0.4 is 0 Å². The predicted molar refractivity (Wildman–Crippen MR) is 84.4 cm³/mol. The predicted octanol–water partition coefficient (Wildman–Crippen LogP) is 3.75. The zero-order valence-electron chi connectivity index (χ0n) is 13.3. The van der Waals surface area contributed by atoms with E-state index in [1.807, 2.05) is 26.8 Å². The van der Waals surface area contributed by atoms with Gasteiger partial charge in [0.15, 0.2) is 0 Å². The van der Waals surface area contributed by atoms with E-state index in [1.165, 1.54) is 5.56 Å². The molecule has 0 aliphatic rings. The largest absolute Gasteiger partial charge is 0.465 e. The van der Waals surface area contributed by atoms with Gasteiger partial charge in [-0.2, -0.15) is 0 Å². The number of hydrogen-bond acceptors (Lipinski definition) is 3. The van der Waals surface area contributed by atoms with E-state index in [4.69, 9.17) is 4.74 Å². The van der Waals surface area contributed by atoms with Crippen LogP contribution in [0.4, 0.5) is 0 Å². The number of aromatic nitrogens is 2. The fourth-order valence-electron chi connectivity index (χ4n) is 2.74. The standard InChI is InChI=1S/C17H24N2O2/c1-5-12-9-10-13-14(11-12)19-15(18-13)17(6-2,7-3)16(20)21-8-4/h9-11H,5-8H2,1-4H3,(H,18,19). The molecule has 0 fully saturated rings. The molecular formula is C17H24N2O2. The highest BCUT2D eigenvalue weighted by Gasteiger charge is 2.41. The molecule has 0 amide bonds. The van der Waals surface area contributed by atoms with Gasteiger partial charge < -0.3 is 9.72 Å². The molecule has 2 aromatic rings. The number of nitrogens with one attached hydrogen (secondary N) is 1. The molecule has 0 radical (unpaired) electrons. The van der Waals surface area contributed by atoms with Crippen LogP contribution in [-0.2, 0) is 21.4 Å². The molecule has 2 rings (SSSR count). The van der Waals surface area contributed by atoms with Gasteiger partial charge in [-0.3, -0.25) is 4.79 Å². The van der Waals surface area contributed by atoms with Crippen molar-refractivity contribution in [2.24, 2.45) is 0 Å². The number of nitrogens with zero attached hydrogens (tertiary/aromatic N) is 1. The molecule has 4 nitrogen and oxygen atoms in total. The third kappa shape index (κ3) is 2.67. The maximum Gasteiger partial charge on any atom is 0.319 e. The first-order valence-electron chi connectivity index (χ1n) is 7.77. The van der Waals surface area contributed by atoms with E-state index in [2.05, 4.69) is 29.0 Å². The Morgan fingerprint density at radius 2 is 1.95 bits per heavy atom. The lowest BCUT2D eigenvalue weighted by Crippen LogP contribution is -2.37. The Kier molecular flexibility index (Phi) is 4.66. The average molecular weight is 288 g/mol. The number of imidazole rings is 1. The molecule has 1 aromatic heterocycles. The van der Waals surface area contributed by atoms with Gasteiger partial charge in [0, 0.05) is 0 Å². The number of benzene rings is 1. The lowest BCUT2D eigenvalue weighted by molar-refractivity contribution is -0.150. The number of H-pyrrole nitrogens is 1. The fourth-order valence-corrected chi connectivity index (χ4v) is 2.74. The first-order chi connectivity index (χ1) is 10.1. The number of hydrogen-bond donors (Lipinski definition) is 1. The maximum absolute atomic E-state index is 12.4. The highest BCUT2D eigenvalue weighted by molar-refractivity contribution is 5.84. The smallest absolute Gasteiger partial charge is 0.319 e. The van der Waals surface area contributed by atoms with Gasteiger partial charge in [0.05, 0.1) is 17.6 Å². The molecule has 0 atom stereocenters. The Bertz CT molecular complexity index is 627. The Balaban J connectivity index is 2.52. The van der Waals surface area contributed by atoms with E-state index in [9.17, 15) is 4.79 Å². The topological polar surface area (TPSA) is 55.0 Å². The second-order valence-corrected chi connectivity index (χ2v) is 5.30. The van der Waals surface area contributed by atoms with Gasteiger partial charge in [0.1, 0.15) is 11.2 Å². The molecule has 0 bridgehead atoms. The van der Waals surface area contributed by atoms with Crippen LogP contribution in [0.15, 0.2) is 18.2 Å². The van der Waals surface area contributed by atoms with Crippen molar-refractivity contribution in [2.45, 2.75) is 52.4 Å². The molecular weight excluding hydrogens is 264 g/mol. The van der Waals surface area contributed by atoms with E-state index in [1.54, 1.807) is 0 Å². The number of aromatic amines is 1. The summed E-state index contributed by atoms with van der Waals surface area (Å²) in [6.07, 6.45) is 2.32. The summed E-state index contributed by atoms with van der Waals surface area (Å²) < 4.78 is 5.29. The zero-order chi connectivity index (χ0) is 15.5. The van der Waals surface area contributed by atoms with Crippen molar-refractivity contribution >= 4 is 17.0 Å². The van der Waals surface area contributed by atoms with E-state index >= 15 is 0 Å². The molecule has 0 saturated carbocycles. The Hall–Kier alpha value is -1.84. The van der Waals surface area contributed by atoms with Crippen molar-refractivity contribution in [1.29, 1.82) is 0 Å². The second-order valence-electron chi connectivity index (χ2n) is 5.30. The van der Waals surface area contributed by atoms with Crippen LogP contribution in [0.3, 0.4) is 0 Å². The lowest BCUT2D eigenvalue weighted by atomic mass is 9.81. The summed E-state index contributed by atoms with van der Waals surface area (Å²) in [5, 5.41) is 0. The van der Waals surface area contributed by atoms with Crippen molar-refractivity contribution in [3.05, 3.63) is 29.6 Å². The quantitative estimate of drug-likeness (QED) is 0.824. The molecule has 1 aromatic carbocycles. The van der Waals surface area contributed by atoms with Crippen LogP contribution >= 0.6 is 0 Å². The third-order valence-corrected chi connectivity index (χ3v) is 4.28. The Morgan fingerprint density at radius 1 is 1.24 bits per heavy atom. The summed E-state index contributed by atoms with van der Waals surface area (Å²) in [5.74, 6) is 0.527. The van der Waals surface area contributed by atoms with Gasteiger partial charge in [0.25, 0.3) is 0 Å². The average Bonchev–Trinajstić information content (AvgIpc) is 2.92. The highest BCUT2D eigenvalue weighted by Crippen LogP contribution is 2.32. The van der Waals surface area contributed by atoms with Crippen molar-refractivity contribution in [3.8, 4) is 0 Å². The molecule has 4 heteroatoms. The van der Waals surface area contributed by atoms with Crippen molar-refractivity contribution < 1.29 is 9.53 Å². The molecule has 0 saturated heterocycles. The minimum absolute atomic E-state index is 0.190. The van der Waals surface area contributed by atoms with Crippen molar-refractivity contribution in [3.63, 3.8) is 0 Å². The van der Waals surface area contributed by atoms with Crippen LogP contribution in [0.1, 0.15) is 51.9 Å². The van der Waals surface area contributed by atoms with Crippen LogP contribution in [0, 0.1) is 0 Å². The lowest BCUT2D eigenvalue weighted by Gasteiger charge is -2.26. The first kappa shape index (κ1) is 15.5. The van der Waals surface area contributed by atoms with Gasteiger partial charge in [-0.1, -0.05) is 26.8 Å². The van der Waals surface area contributed by atoms with E-state index in [0.717, 1.165) is 17.5 Å². The molecule has 114 valence electrons. The Labute approximate surface area is 125 Å². The molecule has 21 heavy (non-hydrogen) atoms. The summed E-state index contributed by atoms with van der Waals surface area (Å²) in [7, 11) is 0. The van der Waals surface area contributed by atoms with Crippen LogP contribution in [0.5, 0.6) is 0 Å². The molecule has 0 aliphatic carbocycles. The van der Waals surface area contributed by atoms with Gasteiger partial charge in [0.2, 0.25) is 0 Å². The summed E-state index contributed by atoms with van der Waals surface area (Å²) >= 11 is 0. The fraction of sp³-hybridized carbons (Fsp3) is 0.529. The number of aryl methyl sites for hydroxylation is 1. The highest BCUT2D eigenvalue weighted by atomic mass is 16.5. The number of ether oxygens (including phenoxy) is 1. The maximum atomic E-state index is 12.4. The molecule has 0 spiro atoms. The molecule has 0 aliphatic heterocycles. The second kappa shape index (κ2) is 6.29. The van der Waals surface area contributed by atoms with Crippen LogP contribution in [0.2, 0.25) is 0 Å². The Morgan fingerprint density at radius 3 is 2.52 bits per heavy atom. The molecule has 1 heterocycles. The van der Waals surface area contributed by atoms with Gasteiger partial charge in [-0.25, -0.2) is 4.98 Å². The number of rotatable bonds is 6. The van der Waals surface area contributed by atoms with E-state index < -0.39 is 5.41 Å². The monoisotopic (exact) mass is 288 g/mol. The van der Waals surface area contributed by atoms with Gasteiger partial charge in [-0.05, 0) is 43.9 Å². The third-order valence-electron chi connectivity index (χ3n) is 4.28. The number of carbonyl (C=O) groups is 1. The number of carbonyl (C=O) groups excluding carboxylic acids is 1. The minimum atomic E-state index is -0.679. The van der Waals surface area contributed by atoms with Crippen molar-refractivity contribution in [2.75, 3.05) is 6.61 Å². The van der Waals surface area contributed by atoms with E-state index in [-0.39, 0.29) is 5.97 Å². The van der Waals surface area contributed by atoms with Crippen LogP contribution in [0.25, 0.3) is 11.0 Å². The summed E-state index contributed by atoms with van der Waals surface area (Å²) in [4.78, 5) is 20.4. The zero-order valence-corrected chi connectivity index (χ0v) is 13.3. The van der Waals surface area contributed by atoms with Gasteiger partial charge >= 0.3 is 5.97 Å². The number of fused-ring (bicyclic) bond motifs is 1.